The number of hydrogen-bond acceptors (Lipinski definition) is 0. The van der Waals surface area contributed by atoms with E-state index >= 15 is 0 Å². The highest BCUT2D eigenvalue weighted by molar-refractivity contribution is 5.05. The van der Waals surface area contributed by atoms with Gasteiger partial charge in [0, 0.05) is 0 Å². The SMILES string of the molecule is C=C1CCC=C(C)CC[CH]C(C)(C)CC1. The molecule has 0 nitrogen and oxygen atoms in total. The Bertz CT molecular complexity index is 243. The Hall–Kier alpha value is -0.520. The first-order chi connectivity index (χ1) is 6.99. The van der Waals surface area contributed by atoms with Gasteiger partial charge in [-0.05, 0) is 57.3 Å². The van der Waals surface area contributed by atoms with Crippen LogP contribution in [-0.2, 0) is 0 Å². The van der Waals surface area contributed by atoms with Crippen LogP contribution in [0.25, 0.3) is 0 Å². The number of allylic oxidation sites excluding steroid dienone is 3. The first-order valence-corrected chi connectivity index (χ1v) is 6.16. The summed E-state index contributed by atoms with van der Waals surface area (Å²) < 4.78 is 0. The maximum Gasteiger partial charge on any atom is -0.0288 e. The van der Waals surface area contributed by atoms with Crippen molar-refractivity contribution in [3.8, 4) is 0 Å². The molecule has 0 aromatic heterocycles. The monoisotopic (exact) mass is 205 g/mol. The Balaban J connectivity index is 2.58. The van der Waals surface area contributed by atoms with E-state index in [1.165, 1.54) is 49.7 Å². The molecule has 0 saturated carbocycles. The summed E-state index contributed by atoms with van der Waals surface area (Å²) in [5.41, 5.74) is 3.34. The van der Waals surface area contributed by atoms with Crippen LogP contribution >= 0.6 is 0 Å². The van der Waals surface area contributed by atoms with Crippen LogP contribution in [0.4, 0.5) is 0 Å². The lowest BCUT2D eigenvalue weighted by Gasteiger charge is -2.24. The van der Waals surface area contributed by atoms with E-state index in [1.807, 2.05) is 0 Å². The van der Waals surface area contributed by atoms with Crippen molar-refractivity contribution in [1.29, 1.82) is 0 Å². The third kappa shape index (κ3) is 5.20. The van der Waals surface area contributed by atoms with E-state index in [2.05, 4.69) is 39.8 Å². The third-order valence-corrected chi connectivity index (χ3v) is 3.35. The molecule has 0 atom stereocenters. The standard InChI is InChI=1S/C15H25/c1-13-7-5-8-14(2)10-12-15(3,4)11-6-9-13/h7,11H,2,5-6,8-10,12H2,1,3-4H3. The second kappa shape index (κ2) is 5.53. The Morgan fingerprint density at radius 1 is 1.13 bits per heavy atom. The normalized spacial score (nSPS) is 24.2. The average molecular weight is 205 g/mol. The smallest absolute Gasteiger partial charge is 0.0288 e. The minimum Gasteiger partial charge on any atom is -0.0999 e. The average Bonchev–Trinajstić information content (AvgIpc) is 2.15. The van der Waals surface area contributed by atoms with Crippen molar-refractivity contribution in [2.24, 2.45) is 5.41 Å². The van der Waals surface area contributed by atoms with Crippen LogP contribution in [0.3, 0.4) is 0 Å². The van der Waals surface area contributed by atoms with Crippen molar-refractivity contribution in [1.82, 2.24) is 0 Å². The summed E-state index contributed by atoms with van der Waals surface area (Å²) in [6.07, 6.45) is 12.1. The van der Waals surface area contributed by atoms with E-state index in [9.17, 15) is 0 Å². The Kier molecular flexibility index (Phi) is 4.63. The van der Waals surface area contributed by atoms with Crippen molar-refractivity contribution >= 4 is 0 Å². The molecule has 0 aromatic carbocycles. The van der Waals surface area contributed by atoms with Crippen LogP contribution in [0.2, 0.25) is 0 Å². The van der Waals surface area contributed by atoms with Gasteiger partial charge in [-0.1, -0.05) is 37.6 Å². The molecule has 1 rings (SSSR count). The van der Waals surface area contributed by atoms with Gasteiger partial charge in [0.25, 0.3) is 0 Å². The molecule has 0 N–H and O–H groups in total. The van der Waals surface area contributed by atoms with E-state index < -0.39 is 0 Å². The fourth-order valence-electron chi connectivity index (χ4n) is 2.04. The fraction of sp³-hybridized carbons (Fsp3) is 0.667. The van der Waals surface area contributed by atoms with E-state index in [0.29, 0.717) is 5.41 Å². The molecule has 0 spiro atoms. The highest BCUT2D eigenvalue weighted by Crippen LogP contribution is 2.31. The van der Waals surface area contributed by atoms with Crippen molar-refractivity contribution in [3.63, 3.8) is 0 Å². The highest BCUT2D eigenvalue weighted by Gasteiger charge is 2.18. The van der Waals surface area contributed by atoms with Crippen molar-refractivity contribution in [2.75, 3.05) is 0 Å². The Morgan fingerprint density at radius 2 is 1.87 bits per heavy atom. The molecule has 0 saturated heterocycles. The van der Waals surface area contributed by atoms with E-state index in [-0.39, 0.29) is 0 Å². The first kappa shape index (κ1) is 12.5. The molecule has 0 amide bonds. The van der Waals surface area contributed by atoms with Gasteiger partial charge in [0.1, 0.15) is 0 Å². The van der Waals surface area contributed by atoms with Crippen molar-refractivity contribution < 1.29 is 0 Å². The molecule has 0 heteroatoms. The topological polar surface area (TPSA) is 0 Å². The van der Waals surface area contributed by atoms with Gasteiger partial charge in [-0.15, -0.1) is 0 Å². The summed E-state index contributed by atoms with van der Waals surface area (Å²) in [5, 5.41) is 0. The van der Waals surface area contributed by atoms with Crippen LogP contribution < -0.4 is 0 Å². The summed E-state index contributed by atoms with van der Waals surface area (Å²) >= 11 is 0. The fourth-order valence-corrected chi connectivity index (χ4v) is 2.04. The zero-order valence-electron chi connectivity index (χ0n) is 10.6. The molecule has 85 valence electrons. The van der Waals surface area contributed by atoms with Gasteiger partial charge in [-0.3, -0.25) is 0 Å². The van der Waals surface area contributed by atoms with Crippen molar-refractivity contribution in [3.05, 3.63) is 30.2 Å². The predicted octanol–water partition coefficient (Wildman–Crippen LogP) is 5.07. The van der Waals surface area contributed by atoms with Gasteiger partial charge in [-0.25, -0.2) is 0 Å². The van der Waals surface area contributed by atoms with Gasteiger partial charge in [0.15, 0.2) is 0 Å². The minimum absolute atomic E-state index is 0.382. The van der Waals surface area contributed by atoms with Gasteiger partial charge < -0.3 is 0 Å². The first-order valence-electron chi connectivity index (χ1n) is 6.16. The lowest BCUT2D eigenvalue weighted by Crippen LogP contribution is -2.12. The second-order valence-electron chi connectivity index (χ2n) is 5.57. The van der Waals surface area contributed by atoms with Crippen LogP contribution in [0.15, 0.2) is 23.8 Å². The molecular formula is C15H25. The molecule has 1 aliphatic rings. The molecule has 0 bridgehead atoms. The summed E-state index contributed by atoms with van der Waals surface area (Å²) in [7, 11) is 0. The lowest BCUT2D eigenvalue weighted by atomic mass is 9.81. The lowest BCUT2D eigenvalue weighted by molar-refractivity contribution is 0.385. The van der Waals surface area contributed by atoms with Crippen LogP contribution in [0.1, 0.15) is 59.3 Å². The largest absolute Gasteiger partial charge is 0.0999 e. The summed E-state index contributed by atoms with van der Waals surface area (Å²) in [6, 6.07) is 0. The third-order valence-electron chi connectivity index (χ3n) is 3.35. The van der Waals surface area contributed by atoms with E-state index in [1.54, 1.807) is 0 Å². The van der Waals surface area contributed by atoms with E-state index in [4.69, 9.17) is 0 Å². The quantitative estimate of drug-likeness (QED) is 0.484. The molecule has 1 aliphatic carbocycles. The molecular weight excluding hydrogens is 180 g/mol. The van der Waals surface area contributed by atoms with Crippen LogP contribution in [0, 0.1) is 11.8 Å². The molecule has 0 aromatic rings. The zero-order valence-corrected chi connectivity index (χ0v) is 10.6. The predicted molar refractivity (Wildman–Crippen MR) is 68.7 cm³/mol. The van der Waals surface area contributed by atoms with E-state index in [0.717, 1.165) is 0 Å². The number of hydrogen-bond donors (Lipinski definition) is 0. The minimum atomic E-state index is 0.382. The Morgan fingerprint density at radius 3 is 2.60 bits per heavy atom. The maximum atomic E-state index is 4.17. The van der Waals surface area contributed by atoms with Crippen molar-refractivity contribution in [2.45, 2.75) is 59.3 Å². The number of rotatable bonds is 0. The van der Waals surface area contributed by atoms with Gasteiger partial charge in [0.2, 0.25) is 0 Å². The van der Waals surface area contributed by atoms with Crippen LogP contribution in [-0.4, -0.2) is 0 Å². The van der Waals surface area contributed by atoms with Gasteiger partial charge in [-0.2, -0.15) is 0 Å². The molecule has 0 heterocycles. The van der Waals surface area contributed by atoms with Crippen LogP contribution in [0.5, 0.6) is 0 Å². The van der Waals surface area contributed by atoms with Gasteiger partial charge in [0.05, 0.1) is 0 Å². The molecule has 1 radical (unpaired) electrons. The van der Waals surface area contributed by atoms with Gasteiger partial charge >= 0.3 is 0 Å². The highest BCUT2D eigenvalue weighted by atomic mass is 14.2. The zero-order chi connectivity index (χ0) is 11.3. The summed E-state index contributed by atoms with van der Waals surface area (Å²) in [6.45, 7) is 11.1. The summed E-state index contributed by atoms with van der Waals surface area (Å²) in [5.74, 6) is 0. The molecule has 0 unspecified atom stereocenters. The second-order valence-corrected chi connectivity index (χ2v) is 5.57. The molecule has 0 aliphatic heterocycles. The molecule has 0 fully saturated rings. The summed E-state index contributed by atoms with van der Waals surface area (Å²) in [4.78, 5) is 0. The maximum absolute atomic E-state index is 4.17. The molecule has 15 heavy (non-hydrogen) atoms. The Labute approximate surface area is 95.5 Å².